The van der Waals surface area contributed by atoms with E-state index in [2.05, 4.69) is 15.3 Å². The van der Waals surface area contributed by atoms with Crippen LogP contribution in [0.15, 0.2) is 6.07 Å². The van der Waals surface area contributed by atoms with Crippen molar-refractivity contribution < 1.29 is 4.74 Å². The lowest BCUT2D eigenvalue weighted by atomic mass is 10.3. The molecular formula is C10H16N4O. The molecule has 0 saturated heterocycles. The number of hydrogen-bond acceptors (Lipinski definition) is 5. The summed E-state index contributed by atoms with van der Waals surface area (Å²) in [5, 5.41) is 2.92. The Morgan fingerprint density at radius 3 is 2.80 bits per heavy atom. The van der Waals surface area contributed by atoms with Crippen LogP contribution in [0.4, 0.5) is 11.8 Å². The van der Waals surface area contributed by atoms with Gasteiger partial charge in [-0.3, -0.25) is 0 Å². The SMILES string of the molecule is CNc1cc(OC2CCCC2)nc(N)n1. The molecule has 15 heavy (non-hydrogen) atoms. The smallest absolute Gasteiger partial charge is 0.225 e. The van der Waals surface area contributed by atoms with E-state index in [0.717, 1.165) is 12.8 Å². The van der Waals surface area contributed by atoms with Crippen molar-refractivity contribution in [1.82, 2.24) is 9.97 Å². The maximum absolute atomic E-state index is 5.73. The minimum Gasteiger partial charge on any atom is -0.474 e. The molecule has 0 bridgehead atoms. The number of nitrogen functional groups attached to an aromatic ring is 1. The molecule has 1 aliphatic rings. The first-order valence-corrected chi connectivity index (χ1v) is 5.27. The minimum atomic E-state index is 0.245. The Hall–Kier alpha value is -1.52. The zero-order valence-electron chi connectivity index (χ0n) is 8.86. The first kappa shape index (κ1) is 10.0. The van der Waals surface area contributed by atoms with Gasteiger partial charge < -0.3 is 15.8 Å². The number of hydrogen-bond donors (Lipinski definition) is 2. The fraction of sp³-hybridized carbons (Fsp3) is 0.600. The molecule has 1 fully saturated rings. The van der Waals surface area contributed by atoms with Gasteiger partial charge in [0.2, 0.25) is 11.8 Å². The van der Waals surface area contributed by atoms with Crippen LogP contribution < -0.4 is 15.8 Å². The highest BCUT2D eigenvalue weighted by Crippen LogP contribution is 2.24. The molecule has 82 valence electrons. The van der Waals surface area contributed by atoms with Crippen LogP contribution in [0.1, 0.15) is 25.7 Å². The molecule has 1 aromatic heterocycles. The van der Waals surface area contributed by atoms with Crippen molar-refractivity contribution in [3.8, 4) is 5.88 Å². The number of anilines is 2. The lowest BCUT2D eigenvalue weighted by Gasteiger charge is -2.12. The fourth-order valence-electron chi connectivity index (χ4n) is 1.81. The van der Waals surface area contributed by atoms with Crippen molar-refractivity contribution in [2.24, 2.45) is 0 Å². The Balaban J connectivity index is 2.09. The van der Waals surface area contributed by atoms with Gasteiger partial charge in [0.1, 0.15) is 11.9 Å². The second-order valence-electron chi connectivity index (χ2n) is 3.72. The standard InChI is InChI=1S/C10H16N4O/c1-12-8-6-9(14-10(11)13-8)15-7-4-2-3-5-7/h6-7H,2-5H2,1H3,(H3,11,12,13,14). The summed E-state index contributed by atoms with van der Waals surface area (Å²) in [4.78, 5) is 8.05. The third-order valence-electron chi connectivity index (χ3n) is 2.57. The largest absolute Gasteiger partial charge is 0.474 e. The van der Waals surface area contributed by atoms with Crippen LogP contribution in [-0.2, 0) is 0 Å². The van der Waals surface area contributed by atoms with E-state index in [1.54, 1.807) is 13.1 Å². The van der Waals surface area contributed by atoms with Gasteiger partial charge in [-0.05, 0) is 25.7 Å². The Bertz CT molecular complexity index is 336. The molecule has 0 aliphatic heterocycles. The molecular weight excluding hydrogens is 192 g/mol. The van der Waals surface area contributed by atoms with Gasteiger partial charge in [-0.25, -0.2) is 0 Å². The molecule has 5 nitrogen and oxygen atoms in total. The van der Waals surface area contributed by atoms with E-state index < -0.39 is 0 Å². The van der Waals surface area contributed by atoms with Gasteiger partial charge in [0, 0.05) is 13.1 Å². The van der Waals surface area contributed by atoms with Gasteiger partial charge >= 0.3 is 0 Å². The molecule has 1 aromatic rings. The number of rotatable bonds is 3. The highest BCUT2D eigenvalue weighted by atomic mass is 16.5. The van der Waals surface area contributed by atoms with Gasteiger partial charge in [0.15, 0.2) is 0 Å². The molecule has 0 aromatic carbocycles. The average molecular weight is 208 g/mol. The molecule has 0 amide bonds. The Morgan fingerprint density at radius 1 is 1.40 bits per heavy atom. The van der Waals surface area contributed by atoms with E-state index in [4.69, 9.17) is 10.5 Å². The second-order valence-corrected chi connectivity index (χ2v) is 3.72. The van der Waals surface area contributed by atoms with E-state index in [0.29, 0.717) is 17.8 Å². The summed E-state index contributed by atoms with van der Waals surface area (Å²) in [6.07, 6.45) is 5.00. The molecule has 5 heteroatoms. The van der Waals surface area contributed by atoms with Gasteiger partial charge in [-0.1, -0.05) is 0 Å². The van der Waals surface area contributed by atoms with E-state index in [9.17, 15) is 0 Å². The Kier molecular flexibility index (Phi) is 2.89. The monoisotopic (exact) mass is 208 g/mol. The van der Waals surface area contributed by atoms with Gasteiger partial charge in [0.25, 0.3) is 0 Å². The van der Waals surface area contributed by atoms with Crippen LogP contribution in [0, 0.1) is 0 Å². The number of nitrogens with zero attached hydrogens (tertiary/aromatic N) is 2. The molecule has 2 rings (SSSR count). The van der Waals surface area contributed by atoms with Gasteiger partial charge in [0.05, 0.1) is 0 Å². The summed E-state index contributed by atoms with van der Waals surface area (Å²) in [6.45, 7) is 0. The minimum absolute atomic E-state index is 0.245. The molecule has 0 atom stereocenters. The number of nitrogens with one attached hydrogen (secondary N) is 1. The van der Waals surface area contributed by atoms with Crippen molar-refractivity contribution in [2.75, 3.05) is 18.1 Å². The normalized spacial score (nSPS) is 16.6. The van der Waals surface area contributed by atoms with Crippen LogP contribution in [-0.4, -0.2) is 23.1 Å². The van der Waals surface area contributed by atoms with Crippen molar-refractivity contribution >= 4 is 11.8 Å². The quantitative estimate of drug-likeness (QED) is 0.786. The summed E-state index contributed by atoms with van der Waals surface area (Å²) in [5.41, 5.74) is 5.57. The van der Waals surface area contributed by atoms with E-state index in [1.807, 2.05) is 0 Å². The van der Waals surface area contributed by atoms with E-state index in [-0.39, 0.29) is 5.95 Å². The molecule has 0 spiro atoms. The first-order chi connectivity index (χ1) is 7.28. The number of aromatic nitrogens is 2. The third-order valence-corrected chi connectivity index (χ3v) is 2.57. The summed E-state index contributed by atoms with van der Waals surface area (Å²) in [7, 11) is 1.79. The predicted octanol–water partition coefficient (Wildman–Crippen LogP) is 1.42. The van der Waals surface area contributed by atoms with Crippen molar-refractivity contribution in [3.05, 3.63) is 6.07 Å². The molecule has 3 N–H and O–H groups in total. The molecule has 1 aliphatic carbocycles. The van der Waals surface area contributed by atoms with Crippen LogP contribution in [0.25, 0.3) is 0 Å². The summed E-state index contributed by atoms with van der Waals surface area (Å²) < 4.78 is 5.73. The number of ether oxygens (including phenoxy) is 1. The molecule has 1 saturated carbocycles. The van der Waals surface area contributed by atoms with Crippen molar-refractivity contribution in [2.45, 2.75) is 31.8 Å². The zero-order chi connectivity index (χ0) is 10.7. The van der Waals surface area contributed by atoms with Crippen molar-refractivity contribution in [3.63, 3.8) is 0 Å². The van der Waals surface area contributed by atoms with Crippen LogP contribution in [0.2, 0.25) is 0 Å². The van der Waals surface area contributed by atoms with Gasteiger partial charge in [-0.2, -0.15) is 9.97 Å². The highest BCUT2D eigenvalue weighted by molar-refractivity contribution is 5.42. The van der Waals surface area contributed by atoms with Gasteiger partial charge in [-0.15, -0.1) is 0 Å². The topological polar surface area (TPSA) is 73.1 Å². The lowest BCUT2D eigenvalue weighted by molar-refractivity contribution is 0.201. The molecule has 0 radical (unpaired) electrons. The summed E-state index contributed by atoms with van der Waals surface area (Å²) >= 11 is 0. The average Bonchev–Trinajstić information content (AvgIpc) is 2.69. The predicted molar refractivity (Wildman–Crippen MR) is 58.9 cm³/mol. The third kappa shape index (κ3) is 2.49. The molecule has 0 unspecified atom stereocenters. The summed E-state index contributed by atoms with van der Waals surface area (Å²) in [5.74, 6) is 1.50. The number of nitrogens with two attached hydrogens (primary N) is 1. The maximum atomic E-state index is 5.73. The van der Waals surface area contributed by atoms with Crippen molar-refractivity contribution in [1.29, 1.82) is 0 Å². The lowest BCUT2D eigenvalue weighted by Crippen LogP contribution is -2.13. The van der Waals surface area contributed by atoms with E-state index in [1.165, 1.54) is 12.8 Å². The van der Waals surface area contributed by atoms with Crippen LogP contribution in [0.5, 0.6) is 5.88 Å². The first-order valence-electron chi connectivity index (χ1n) is 5.27. The fourth-order valence-corrected chi connectivity index (χ4v) is 1.81. The van der Waals surface area contributed by atoms with Crippen LogP contribution in [0.3, 0.4) is 0 Å². The maximum Gasteiger partial charge on any atom is 0.225 e. The Morgan fingerprint density at radius 2 is 2.13 bits per heavy atom. The highest BCUT2D eigenvalue weighted by Gasteiger charge is 2.17. The van der Waals surface area contributed by atoms with E-state index >= 15 is 0 Å². The Labute approximate surface area is 89.1 Å². The van der Waals surface area contributed by atoms with Crippen LogP contribution >= 0.6 is 0 Å². The summed E-state index contributed by atoms with van der Waals surface area (Å²) in [6, 6.07) is 1.77. The second kappa shape index (κ2) is 4.33. The zero-order valence-corrected chi connectivity index (χ0v) is 8.86. The molecule has 1 heterocycles.